The van der Waals surface area contributed by atoms with Crippen LogP contribution in [0.3, 0.4) is 0 Å². The number of rotatable bonds is 0. The Bertz CT molecular complexity index is 894. The van der Waals surface area contributed by atoms with E-state index in [9.17, 15) is 0 Å². The minimum atomic E-state index is 1.08. The van der Waals surface area contributed by atoms with Crippen LogP contribution in [0.25, 0.3) is 26.2 Å². The number of hydrogen-bond donors (Lipinski definition) is 0. The molecule has 0 aliphatic carbocycles. The number of aryl methyl sites for hydroxylation is 2. The maximum Gasteiger partial charge on any atom is 0.195 e. The first-order chi connectivity index (χ1) is 8.74. The molecule has 0 saturated carbocycles. The molecule has 0 fully saturated rings. The summed E-state index contributed by atoms with van der Waals surface area (Å²) in [6.07, 6.45) is 0. The molecule has 0 atom stereocenters. The molecule has 3 heteroatoms. The Morgan fingerprint density at radius 1 is 1.06 bits per heavy atom. The highest BCUT2D eigenvalue weighted by Crippen LogP contribution is 2.32. The van der Waals surface area contributed by atoms with E-state index >= 15 is 0 Å². The van der Waals surface area contributed by atoms with Crippen molar-refractivity contribution in [2.24, 2.45) is 0 Å². The van der Waals surface area contributed by atoms with Crippen molar-refractivity contribution in [2.45, 2.75) is 13.8 Å². The van der Waals surface area contributed by atoms with Crippen LogP contribution in [-0.2, 0) is 0 Å². The molecule has 0 bridgehead atoms. The van der Waals surface area contributed by atoms with Gasteiger partial charge in [-0.3, -0.25) is 4.40 Å². The zero-order valence-corrected chi connectivity index (χ0v) is 11.1. The SMILES string of the molecule is Cc1ccc2nc3sc4c(C)cccc4n3c2c1. The molecule has 2 aromatic heterocycles. The van der Waals surface area contributed by atoms with Gasteiger partial charge in [-0.15, -0.1) is 0 Å². The third-order valence-corrected chi connectivity index (χ3v) is 4.60. The van der Waals surface area contributed by atoms with E-state index in [1.165, 1.54) is 26.9 Å². The van der Waals surface area contributed by atoms with Gasteiger partial charge in [0, 0.05) is 0 Å². The lowest BCUT2D eigenvalue weighted by atomic mass is 10.2. The minimum Gasteiger partial charge on any atom is -0.283 e. The molecule has 2 heterocycles. The van der Waals surface area contributed by atoms with E-state index in [1.54, 1.807) is 11.3 Å². The molecule has 88 valence electrons. The Labute approximate surface area is 109 Å². The van der Waals surface area contributed by atoms with Crippen LogP contribution in [0.2, 0.25) is 0 Å². The van der Waals surface area contributed by atoms with Crippen molar-refractivity contribution in [1.29, 1.82) is 0 Å². The molecule has 0 radical (unpaired) electrons. The van der Waals surface area contributed by atoms with Crippen molar-refractivity contribution in [1.82, 2.24) is 9.38 Å². The number of thiazole rings is 1. The molecule has 0 aliphatic heterocycles. The zero-order chi connectivity index (χ0) is 12.3. The highest BCUT2D eigenvalue weighted by molar-refractivity contribution is 7.23. The van der Waals surface area contributed by atoms with E-state index in [4.69, 9.17) is 4.98 Å². The van der Waals surface area contributed by atoms with Crippen molar-refractivity contribution in [2.75, 3.05) is 0 Å². The molecule has 0 N–H and O–H groups in total. The van der Waals surface area contributed by atoms with E-state index in [1.807, 2.05) is 0 Å². The second-order valence-electron chi connectivity index (χ2n) is 4.75. The fourth-order valence-corrected chi connectivity index (χ4v) is 3.61. The lowest BCUT2D eigenvalue weighted by molar-refractivity contribution is 1.33. The van der Waals surface area contributed by atoms with Crippen molar-refractivity contribution in [3.8, 4) is 0 Å². The maximum atomic E-state index is 4.72. The van der Waals surface area contributed by atoms with Crippen molar-refractivity contribution in [3.63, 3.8) is 0 Å². The summed E-state index contributed by atoms with van der Waals surface area (Å²) in [6.45, 7) is 4.28. The summed E-state index contributed by atoms with van der Waals surface area (Å²) in [5, 5.41) is 0. The Hall–Kier alpha value is -1.87. The molecule has 0 unspecified atom stereocenters. The van der Waals surface area contributed by atoms with Gasteiger partial charge >= 0.3 is 0 Å². The van der Waals surface area contributed by atoms with Crippen molar-refractivity contribution in [3.05, 3.63) is 47.5 Å². The Kier molecular flexibility index (Phi) is 1.87. The molecule has 4 aromatic rings. The molecule has 0 spiro atoms. The van der Waals surface area contributed by atoms with Crippen LogP contribution < -0.4 is 0 Å². The fraction of sp³-hybridized carbons (Fsp3) is 0.133. The average molecular weight is 252 g/mol. The van der Waals surface area contributed by atoms with Gasteiger partial charge in [0.05, 0.1) is 21.3 Å². The van der Waals surface area contributed by atoms with Gasteiger partial charge in [-0.1, -0.05) is 29.5 Å². The molecule has 18 heavy (non-hydrogen) atoms. The van der Waals surface area contributed by atoms with Crippen molar-refractivity contribution >= 4 is 37.5 Å². The monoisotopic (exact) mass is 252 g/mol. The van der Waals surface area contributed by atoms with Crippen LogP contribution in [0.5, 0.6) is 0 Å². The highest BCUT2D eigenvalue weighted by Gasteiger charge is 2.11. The van der Waals surface area contributed by atoms with Crippen LogP contribution in [0.15, 0.2) is 36.4 Å². The van der Waals surface area contributed by atoms with Gasteiger partial charge in [0.2, 0.25) is 0 Å². The standard InChI is InChI=1S/C15H12N2S/c1-9-6-7-11-13(8-9)17-12-5-3-4-10(2)14(12)18-15(17)16-11/h3-8H,1-2H3. The molecule has 0 amide bonds. The third-order valence-electron chi connectivity index (χ3n) is 3.40. The number of nitrogens with zero attached hydrogens (tertiary/aromatic N) is 2. The van der Waals surface area contributed by atoms with Gasteiger partial charge in [0.1, 0.15) is 0 Å². The summed E-state index contributed by atoms with van der Waals surface area (Å²) in [4.78, 5) is 5.80. The van der Waals surface area contributed by atoms with E-state index in [2.05, 4.69) is 54.6 Å². The van der Waals surface area contributed by atoms with E-state index in [0.717, 1.165) is 10.5 Å². The second kappa shape index (κ2) is 3.33. The summed E-state index contributed by atoms with van der Waals surface area (Å²) >= 11 is 1.77. The van der Waals surface area contributed by atoms with Crippen LogP contribution in [0, 0.1) is 13.8 Å². The molecule has 0 aliphatic rings. The Morgan fingerprint density at radius 2 is 1.94 bits per heavy atom. The third kappa shape index (κ3) is 1.20. The number of benzene rings is 2. The van der Waals surface area contributed by atoms with Gasteiger partial charge < -0.3 is 0 Å². The van der Waals surface area contributed by atoms with Gasteiger partial charge in [-0.2, -0.15) is 0 Å². The first-order valence-electron chi connectivity index (χ1n) is 6.01. The maximum absolute atomic E-state index is 4.72. The van der Waals surface area contributed by atoms with Crippen LogP contribution in [0.1, 0.15) is 11.1 Å². The van der Waals surface area contributed by atoms with Gasteiger partial charge in [0.25, 0.3) is 0 Å². The Balaban J connectivity index is 2.32. The summed E-state index contributed by atoms with van der Waals surface area (Å²) < 4.78 is 3.61. The lowest BCUT2D eigenvalue weighted by Gasteiger charge is -1.97. The van der Waals surface area contributed by atoms with Crippen LogP contribution in [-0.4, -0.2) is 9.38 Å². The van der Waals surface area contributed by atoms with E-state index in [0.29, 0.717) is 0 Å². The topological polar surface area (TPSA) is 17.3 Å². The summed E-state index contributed by atoms with van der Waals surface area (Å²) in [7, 11) is 0. The minimum absolute atomic E-state index is 1.08. The lowest BCUT2D eigenvalue weighted by Crippen LogP contribution is -1.82. The number of imidazole rings is 1. The average Bonchev–Trinajstić information content (AvgIpc) is 2.86. The first kappa shape index (κ1) is 10.1. The predicted octanol–water partition coefficient (Wildman–Crippen LogP) is 4.32. The van der Waals surface area contributed by atoms with E-state index in [-0.39, 0.29) is 0 Å². The van der Waals surface area contributed by atoms with Gasteiger partial charge in [-0.05, 0) is 43.2 Å². The summed E-state index contributed by atoms with van der Waals surface area (Å²) in [5.41, 5.74) is 6.15. The number of fused-ring (bicyclic) bond motifs is 5. The molecular formula is C15H12N2S. The predicted molar refractivity (Wildman–Crippen MR) is 77.6 cm³/mol. The number of hydrogen-bond acceptors (Lipinski definition) is 2. The Morgan fingerprint density at radius 3 is 2.83 bits per heavy atom. The molecule has 0 saturated heterocycles. The summed E-state index contributed by atoms with van der Waals surface area (Å²) in [5.74, 6) is 0. The molecule has 2 nitrogen and oxygen atoms in total. The number of aromatic nitrogens is 2. The quantitative estimate of drug-likeness (QED) is 0.455. The van der Waals surface area contributed by atoms with Crippen LogP contribution >= 0.6 is 11.3 Å². The first-order valence-corrected chi connectivity index (χ1v) is 6.82. The van der Waals surface area contributed by atoms with Crippen LogP contribution in [0.4, 0.5) is 0 Å². The molecular weight excluding hydrogens is 240 g/mol. The smallest absolute Gasteiger partial charge is 0.195 e. The zero-order valence-electron chi connectivity index (χ0n) is 10.3. The van der Waals surface area contributed by atoms with Gasteiger partial charge in [-0.25, -0.2) is 4.98 Å². The van der Waals surface area contributed by atoms with Gasteiger partial charge in [0.15, 0.2) is 4.96 Å². The normalized spacial score (nSPS) is 11.9. The second-order valence-corrected chi connectivity index (χ2v) is 5.72. The summed E-state index contributed by atoms with van der Waals surface area (Å²) in [6, 6.07) is 12.9. The highest BCUT2D eigenvalue weighted by atomic mass is 32.1. The van der Waals surface area contributed by atoms with E-state index < -0.39 is 0 Å². The molecule has 4 rings (SSSR count). The van der Waals surface area contributed by atoms with Crippen molar-refractivity contribution < 1.29 is 0 Å². The fourth-order valence-electron chi connectivity index (χ4n) is 2.50. The largest absolute Gasteiger partial charge is 0.283 e. The molecule has 2 aromatic carbocycles.